The zero-order chi connectivity index (χ0) is 14.5. The topological polar surface area (TPSA) is 58.4 Å². The van der Waals surface area contributed by atoms with Crippen LogP contribution in [0.25, 0.3) is 0 Å². The molecule has 4 heteroatoms. The molecule has 1 saturated heterocycles. The molecule has 1 aromatic carbocycles. The van der Waals surface area contributed by atoms with Gasteiger partial charge in [0.1, 0.15) is 6.04 Å². The molecule has 2 rings (SSSR count). The summed E-state index contributed by atoms with van der Waals surface area (Å²) >= 11 is 0. The third kappa shape index (κ3) is 3.58. The van der Waals surface area contributed by atoms with Gasteiger partial charge in [0.15, 0.2) is 0 Å². The van der Waals surface area contributed by atoms with Crippen LogP contribution < -0.4 is 11.1 Å². The molecule has 2 unspecified atom stereocenters. The largest absolute Gasteiger partial charge is 0.353 e. The van der Waals surface area contributed by atoms with Gasteiger partial charge in [-0.1, -0.05) is 36.8 Å². The van der Waals surface area contributed by atoms with Gasteiger partial charge in [0, 0.05) is 12.6 Å². The lowest BCUT2D eigenvalue weighted by Crippen LogP contribution is -2.43. The first-order valence-corrected chi connectivity index (χ1v) is 7.45. The Morgan fingerprint density at radius 3 is 2.80 bits per heavy atom. The van der Waals surface area contributed by atoms with Crippen molar-refractivity contribution in [2.45, 2.75) is 38.8 Å². The van der Waals surface area contributed by atoms with Crippen LogP contribution in [0.4, 0.5) is 0 Å². The molecule has 0 bridgehead atoms. The third-order valence-corrected chi connectivity index (χ3v) is 4.14. The van der Waals surface area contributed by atoms with Crippen molar-refractivity contribution in [1.29, 1.82) is 0 Å². The number of rotatable bonds is 5. The number of nitrogens with one attached hydrogen (secondary N) is 1. The summed E-state index contributed by atoms with van der Waals surface area (Å²) in [5, 5.41) is 3.00. The van der Waals surface area contributed by atoms with Crippen molar-refractivity contribution >= 4 is 5.91 Å². The van der Waals surface area contributed by atoms with Crippen molar-refractivity contribution in [3.05, 3.63) is 35.4 Å². The number of hydrogen-bond donors (Lipinski definition) is 2. The van der Waals surface area contributed by atoms with E-state index in [4.69, 9.17) is 5.73 Å². The predicted molar refractivity (Wildman–Crippen MR) is 81.4 cm³/mol. The Kier molecular flexibility index (Phi) is 5.15. The maximum absolute atomic E-state index is 12.1. The van der Waals surface area contributed by atoms with E-state index in [-0.39, 0.29) is 5.91 Å². The SMILES string of the molecule is CCN1CCCC1CNC(=O)C(N)c1ccc(C)cc1. The second-order valence-electron chi connectivity index (χ2n) is 5.56. The summed E-state index contributed by atoms with van der Waals surface area (Å²) in [6.45, 7) is 7.07. The molecule has 2 atom stereocenters. The van der Waals surface area contributed by atoms with Crippen molar-refractivity contribution in [3.8, 4) is 0 Å². The Bertz CT molecular complexity index is 444. The molecule has 1 aliphatic rings. The van der Waals surface area contributed by atoms with Gasteiger partial charge in [0.05, 0.1) is 0 Å². The van der Waals surface area contributed by atoms with Crippen LogP contribution in [0.5, 0.6) is 0 Å². The predicted octanol–water partition coefficient (Wildman–Crippen LogP) is 1.60. The Labute approximate surface area is 121 Å². The fourth-order valence-corrected chi connectivity index (χ4v) is 2.80. The Balaban J connectivity index is 1.86. The normalized spacial score (nSPS) is 20.9. The number of aryl methyl sites for hydroxylation is 1. The van der Waals surface area contributed by atoms with Gasteiger partial charge >= 0.3 is 0 Å². The summed E-state index contributed by atoms with van der Waals surface area (Å²) in [6, 6.07) is 7.71. The summed E-state index contributed by atoms with van der Waals surface area (Å²) in [5.74, 6) is -0.0863. The van der Waals surface area contributed by atoms with E-state index < -0.39 is 6.04 Å². The number of carbonyl (C=O) groups excluding carboxylic acids is 1. The van der Waals surface area contributed by atoms with Crippen LogP contribution in [0, 0.1) is 6.92 Å². The third-order valence-electron chi connectivity index (χ3n) is 4.14. The highest BCUT2D eigenvalue weighted by molar-refractivity contribution is 5.82. The molecule has 0 spiro atoms. The van der Waals surface area contributed by atoms with Crippen LogP contribution in [0.2, 0.25) is 0 Å². The van der Waals surface area contributed by atoms with Crippen molar-refractivity contribution in [3.63, 3.8) is 0 Å². The van der Waals surface area contributed by atoms with Crippen LogP contribution in [-0.2, 0) is 4.79 Å². The second-order valence-corrected chi connectivity index (χ2v) is 5.56. The van der Waals surface area contributed by atoms with Gasteiger partial charge in [0.25, 0.3) is 0 Å². The number of likely N-dealkylation sites (tertiary alicyclic amines) is 1. The molecule has 1 heterocycles. The van der Waals surface area contributed by atoms with Crippen LogP contribution in [0.15, 0.2) is 24.3 Å². The van der Waals surface area contributed by atoms with E-state index in [2.05, 4.69) is 17.1 Å². The molecule has 0 radical (unpaired) electrons. The minimum atomic E-state index is -0.577. The number of nitrogens with two attached hydrogens (primary N) is 1. The van der Waals surface area contributed by atoms with E-state index in [1.807, 2.05) is 31.2 Å². The number of amides is 1. The molecular weight excluding hydrogens is 250 g/mol. The van der Waals surface area contributed by atoms with Crippen molar-refractivity contribution in [2.24, 2.45) is 5.73 Å². The van der Waals surface area contributed by atoms with E-state index in [1.165, 1.54) is 12.0 Å². The summed E-state index contributed by atoms with van der Waals surface area (Å²) in [5.41, 5.74) is 8.05. The van der Waals surface area contributed by atoms with Crippen molar-refractivity contribution in [1.82, 2.24) is 10.2 Å². The summed E-state index contributed by atoms with van der Waals surface area (Å²) in [7, 11) is 0. The average Bonchev–Trinajstić information content (AvgIpc) is 2.92. The van der Waals surface area contributed by atoms with E-state index in [9.17, 15) is 4.79 Å². The molecule has 110 valence electrons. The molecule has 0 saturated carbocycles. The van der Waals surface area contributed by atoms with Crippen LogP contribution in [0.3, 0.4) is 0 Å². The minimum Gasteiger partial charge on any atom is -0.353 e. The second kappa shape index (κ2) is 6.86. The van der Waals surface area contributed by atoms with Crippen LogP contribution in [-0.4, -0.2) is 36.5 Å². The number of hydrogen-bond acceptors (Lipinski definition) is 3. The molecule has 1 aliphatic heterocycles. The molecule has 20 heavy (non-hydrogen) atoms. The lowest BCUT2D eigenvalue weighted by atomic mass is 10.1. The molecule has 0 aliphatic carbocycles. The van der Waals surface area contributed by atoms with E-state index >= 15 is 0 Å². The van der Waals surface area contributed by atoms with Gasteiger partial charge in [-0.2, -0.15) is 0 Å². The smallest absolute Gasteiger partial charge is 0.241 e. The van der Waals surface area contributed by atoms with Gasteiger partial charge < -0.3 is 11.1 Å². The zero-order valence-corrected chi connectivity index (χ0v) is 12.4. The quantitative estimate of drug-likeness (QED) is 0.858. The fraction of sp³-hybridized carbons (Fsp3) is 0.562. The molecule has 4 nitrogen and oxygen atoms in total. The first-order valence-electron chi connectivity index (χ1n) is 7.45. The number of carbonyl (C=O) groups is 1. The zero-order valence-electron chi connectivity index (χ0n) is 12.4. The minimum absolute atomic E-state index is 0.0863. The summed E-state index contributed by atoms with van der Waals surface area (Å²) in [6.07, 6.45) is 2.38. The molecule has 0 aromatic heterocycles. The van der Waals surface area contributed by atoms with Gasteiger partial charge in [-0.3, -0.25) is 9.69 Å². The van der Waals surface area contributed by atoms with Gasteiger partial charge in [-0.15, -0.1) is 0 Å². The lowest BCUT2D eigenvalue weighted by molar-refractivity contribution is -0.122. The number of nitrogens with zero attached hydrogens (tertiary/aromatic N) is 1. The van der Waals surface area contributed by atoms with Crippen molar-refractivity contribution < 1.29 is 4.79 Å². The summed E-state index contributed by atoms with van der Waals surface area (Å²) < 4.78 is 0. The first-order chi connectivity index (χ1) is 9.61. The first kappa shape index (κ1) is 15.0. The lowest BCUT2D eigenvalue weighted by Gasteiger charge is -2.23. The standard InChI is InChI=1S/C16H25N3O/c1-3-19-10-4-5-14(19)11-18-16(20)15(17)13-8-6-12(2)7-9-13/h6-9,14-15H,3-5,10-11,17H2,1-2H3,(H,18,20). The summed E-state index contributed by atoms with van der Waals surface area (Å²) in [4.78, 5) is 14.5. The highest BCUT2D eigenvalue weighted by Gasteiger charge is 2.24. The highest BCUT2D eigenvalue weighted by Crippen LogP contribution is 2.16. The van der Waals surface area contributed by atoms with Gasteiger partial charge in [0.2, 0.25) is 5.91 Å². The monoisotopic (exact) mass is 275 g/mol. The maximum Gasteiger partial charge on any atom is 0.241 e. The fourth-order valence-electron chi connectivity index (χ4n) is 2.80. The van der Waals surface area contributed by atoms with E-state index in [1.54, 1.807) is 0 Å². The van der Waals surface area contributed by atoms with Crippen molar-refractivity contribution in [2.75, 3.05) is 19.6 Å². The molecule has 1 amide bonds. The highest BCUT2D eigenvalue weighted by atomic mass is 16.2. The average molecular weight is 275 g/mol. The molecular formula is C16H25N3O. The molecule has 3 N–H and O–H groups in total. The van der Waals surface area contributed by atoms with E-state index in [0.717, 1.165) is 25.1 Å². The van der Waals surface area contributed by atoms with Crippen LogP contribution >= 0.6 is 0 Å². The van der Waals surface area contributed by atoms with Gasteiger partial charge in [-0.25, -0.2) is 0 Å². The Morgan fingerprint density at radius 1 is 1.45 bits per heavy atom. The Hall–Kier alpha value is -1.39. The number of benzene rings is 1. The maximum atomic E-state index is 12.1. The number of likely N-dealkylation sites (N-methyl/N-ethyl adjacent to an activating group) is 1. The molecule has 1 fully saturated rings. The van der Waals surface area contributed by atoms with E-state index in [0.29, 0.717) is 12.6 Å². The molecule has 1 aromatic rings. The van der Waals surface area contributed by atoms with Gasteiger partial charge in [-0.05, 0) is 38.4 Å². The Morgan fingerprint density at radius 2 is 2.15 bits per heavy atom. The van der Waals surface area contributed by atoms with Crippen LogP contribution in [0.1, 0.15) is 36.9 Å².